The van der Waals surface area contributed by atoms with Crippen LogP contribution >= 0.6 is 0 Å². The molecule has 1 fully saturated rings. The third-order valence-corrected chi connectivity index (χ3v) is 7.99. The second kappa shape index (κ2) is 8.85. The van der Waals surface area contributed by atoms with E-state index in [4.69, 9.17) is 4.74 Å². The van der Waals surface area contributed by atoms with Gasteiger partial charge in [-0.3, -0.25) is 0 Å². The molecule has 0 aliphatic carbocycles. The molecule has 1 unspecified atom stereocenters. The van der Waals surface area contributed by atoms with Gasteiger partial charge in [0.1, 0.15) is 17.1 Å². The molecule has 4 aliphatic heterocycles. The Bertz CT molecular complexity index is 784. The number of phenolic OH excluding ortho intramolecular Hbond substituents is 1. The van der Waals surface area contributed by atoms with Crippen molar-refractivity contribution in [3.05, 3.63) is 29.0 Å². The lowest BCUT2D eigenvalue weighted by atomic mass is 9.72. The second-order valence-corrected chi connectivity index (χ2v) is 9.95. The van der Waals surface area contributed by atoms with Crippen molar-refractivity contribution in [1.82, 2.24) is 4.90 Å². The van der Waals surface area contributed by atoms with Gasteiger partial charge in [0, 0.05) is 13.1 Å². The van der Waals surface area contributed by atoms with Crippen LogP contribution in [0.25, 0.3) is 5.57 Å². The largest absolute Gasteiger partial charge is 0.507 e. The van der Waals surface area contributed by atoms with Crippen LogP contribution in [0, 0.1) is 11.8 Å². The molecule has 1 saturated heterocycles. The van der Waals surface area contributed by atoms with E-state index in [1.54, 1.807) is 0 Å². The first-order valence-corrected chi connectivity index (χ1v) is 12.6. The van der Waals surface area contributed by atoms with Crippen LogP contribution in [0.15, 0.2) is 17.8 Å². The number of aryl methyl sites for hydroxylation is 1. The molecule has 0 radical (unpaired) electrons. The highest BCUT2D eigenvalue weighted by Gasteiger charge is 2.49. The number of hydrogen-bond acceptors (Lipinski definition) is 3. The minimum absolute atomic E-state index is 0.236. The zero-order valence-electron chi connectivity index (χ0n) is 19.6. The summed E-state index contributed by atoms with van der Waals surface area (Å²) < 4.78 is 6.79. The maximum Gasteiger partial charge on any atom is 0.148 e. The summed E-state index contributed by atoms with van der Waals surface area (Å²) in [5, 5.41) is 11.1. The molecule has 1 atom stereocenters. The summed E-state index contributed by atoms with van der Waals surface area (Å²) in [6.07, 6.45) is 11.8. The van der Waals surface area contributed by atoms with Crippen LogP contribution in [0.1, 0.15) is 96.6 Å². The second-order valence-electron chi connectivity index (χ2n) is 9.95. The minimum Gasteiger partial charge on any atom is -0.507 e. The Hall–Kier alpha value is -1.64. The summed E-state index contributed by atoms with van der Waals surface area (Å²) >= 11 is 0. The SMILES string of the molecule is CCCCCC(C)CCc1cc(O)c2c(c1)OC(CC)(CC)C1=C2C2CCN1CC2. The Morgan fingerprint density at radius 3 is 2.50 bits per heavy atom. The van der Waals surface area contributed by atoms with Gasteiger partial charge >= 0.3 is 0 Å². The normalized spacial score (nSPS) is 20.7. The molecule has 1 aromatic carbocycles. The third kappa shape index (κ3) is 3.74. The number of piperidine rings is 1. The number of rotatable bonds is 9. The number of aromatic hydroxyl groups is 1. The van der Waals surface area contributed by atoms with Gasteiger partial charge in [0.05, 0.1) is 11.3 Å². The first-order chi connectivity index (χ1) is 14.5. The van der Waals surface area contributed by atoms with E-state index in [9.17, 15) is 5.11 Å². The molecule has 4 heterocycles. The maximum absolute atomic E-state index is 11.1. The molecule has 4 aliphatic rings. The Kier molecular flexibility index (Phi) is 6.36. The zero-order valence-corrected chi connectivity index (χ0v) is 19.6. The highest BCUT2D eigenvalue weighted by Crippen LogP contribution is 2.56. The van der Waals surface area contributed by atoms with E-state index in [1.807, 2.05) is 6.07 Å². The van der Waals surface area contributed by atoms with Gasteiger partial charge in [-0.15, -0.1) is 0 Å². The number of allylic oxidation sites excluding steroid dienone is 1. The highest BCUT2D eigenvalue weighted by atomic mass is 16.5. The lowest BCUT2D eigenvalue weighted by molar-refractivity contribution is 0.0412. The number of fused-ring (bicyclic) bond motifs is 3. The fourth-order valence-corrected chi connectivity index (χ4v) is 6.05. The van der Waals surface area contributed by atoms with Gasteiger partial charge in [0.2, 0.25) is 0 Å². The standard InChI is InChI=1S/C27H41NO2/c1-5-8-9-10-19(4)11-12-20-17-22(29)25-23(18-20)30-27(6-2,7-3)26-24(25)21-13-15-28(26)16-14-21/h17-19,21,29H,5-16H2,1-4H3. The van der Waals surface area contributed by atoms with Crippen molar-refractivity contribution in [3.63, 3.8) is 0 Å². The van der Waals surface area contributed by atoms with Gasteiger partial charge in [-0.25, -0.2) is 0 Å². The molecular formula is C27H41NO2. The summed E-state index contributed by atoms with van der Waals surface area (Å²) in [7, 11) is 0. The number of hydrogen-bond donors (Lipinski definition) is 1. The Morgan fingerprint density at radius 1 is 1.10 bits per heavy atom. The average molecular weight is 412 g/mol. The number of benzene rings is 1. The number of nitrogens with zero attached hydrogens (tertiary/aromatic N) is 1. The fourth-order valence-electron chi connectivity index (χ4n) is 6.05. The molecule has 3 heteroatoms. The summed E-state index contributed by atoms with van der Waals surface area (Å²) in [5.74, 6) is 2.67. The van der Waals surface area contributed by atoms with Crippen LogP contribution in [0.3, 0.4) is 0 Å². The van der Waals surface area contributed by atoms with Crippen molar-refractivity contribution in [2.24, 2.45) is 11.8 Å². The van der Waals surface area contributed by atoms with Gasteiger partial charge in [-0.05, 0) is 73.6 Å². The molecule has 166 valence electrons. The summed E-state index contributed by atoms with van der Waals surface area (Å²) in [5.41, 5.74) is 4.76. The van der Waals surface area contributed by atoms with E-state index in [-0.39, 0.29) is 5.60 Å². The number of unbranched alkanes of at least 4 members (excludes halogenated alkanes) is 2. The molecule has 0 saturated carbocycles. The van der Waals surface area contributed by atoms with Crippen molar-refractivity contribution >= 4 is 5.57 Å². The number of phenols is 1. The van der Waals surface area contributed by atoms with Crippen LogP contribution < -0.4 is 4.74 Å². The summed E-state index contributed by atoms with van der Waals surface area (Å²) in [6, 6.07) is 4.27. The fraction of sp³-hybridized carbons (Fsp3) is 0.704. The van der Waals surface area contributed by atoms with Crippen molar-refractivity contribution in [1.29, 1.82) is 0 Å². The van der Waals surface area contributed by atoms with E-state index in [2.05, 4.69) is 38.7 Å². The molecule has 1 N–H and O–H groups in total. The molecule has 0 amide bonds. The van der Waals surface area contributed by atoms with Crippen molar-refractivity contribution in [2.75, 3.05) is 13.1 Å². The van der Waals surface area contributed by atoms with Crippen molar-refractivity contribution in [3.8, 4) is 11.5 Å². The van der Waals surface area contributed by atoms with Crippen LogP contribution in [-0.4, -0.2) is 28.7 Å². The van der Waals surface area contributed by atoms with Crippen molar-refractivity contribution < 1.29 is 9.84 Å². The van der Waals surface area contributed by atoms with Gasteiger partial charge in [-0.2, -0.15) is 0 Å². The lowest BCUT2D eigenvalue weighted by Crippen LogP contribution is -2.53. The minimum atomic E-state index is -0.236. The molecule has 2 bridgehead atoms. The quantitative estimate of drug-likeness (QED) is 0.447. The lowest BCUT2D eigenvalue weighted by Gasteiger charge is -2.53. The van der Waals surface area contributed by atoms with Gasteiger partial charge in [-0.1, -0.05) is 53.4 Å². The molecule has 3 nitrogen and oxygen atoms in total. The molecule has 0 spiro atoms. The Balaban J connectivity index is 1.63. The van der Waals surface area contributed by atoms with Crippen LogP contribution in [0.2, 0.25) is 0 Å². The molecule has 1 aromatic rings. The zero-order chi connectivity index (χ0) is 21.3. The molecular weight excluding hydrogens is 370 g/mol. The van der Waals surface area contributed by atoms with Crippen LogP contribution in [0.5, 0.6) is 11.5 Å². The predicted molar refractivity (Wildman–Crippen MR) is 125 cm³/mol. The molecule has 0 aromatic heterocycles. The van der Waals surface area contributed by atoms with E-state index in [0.29, 0.717) is 11.7 Å². The number of ether oxygens (including phenoxy) is 1. The third-order valence-electron chi connectivity index (χ3n) is 7.99. The van der Waals surface area contributed by atoms with Gasteiger partial charge in [0.15, 0.2) is 0 Å². The van der Waals surface area contributed by atoms with Crippen LogP contribution in [0.4, 0.5) is 0 Å². The van der Waals surface area contributed by atoms with E-state index >= 15 is 0 Å². The average Bonchev–Trinajstić information content (AvgIpc) is 2.77. The maximum atomic E-state index is 11.1. The summed E-state index contributed by atoms with van der Waals surface area (Å²) in [4.78, 5) is 2.55. The van der Waals surface area contributed by atoms with E-state index in [0.717, 1.165) is 49.6 Å². The summed E-state index contributed by atoms with van der Waals surface area (Å²) in [6.45, 7) is 11.4. The van der Waals surface area contributed by atoms with E-state index < -0.39 is 0 Å². The van der Waals surface area contributed by atoms with E-state index in [1.165, 1.54) is 61.8 Å². The Morgan fingerprint density at radius 2 is 1.83 bits per heavy atom. The smallest absolute Gasteiger partial charge is 0.148 e. The highest BCUT2D eigenvalue weighted by molar-refractivity contribution is 5.83. The topological polar surface area (TPSA) is 32.7 Å². The Labute approximate surface area is 183 Å². The molecule has 30 heavy (non-hydrogen) atoms. The van der Waals surface area contributed by atoms with Gasteiger partial charge in [0.25, 0.3) is 0 Å². The predicted octanol–water partition coefficient (Wildman–Crippen LogP) is 6.93. The monoisotopic (exact) mass is 411 g/mol. The first kappa shape index (κ1) is 21.6. The van der Waals surface area contributed by atoms with Crippen molar-refractivity contribution in [2.45, 2.75) is 97.5 Å². The van der Waals surface area contributed by atoms with Crippen LogP contribution in [-0.2, 0) is 6.42 Å². The molecule has 5 rings (SSSR count). The van der Waals surface area contributed by atoms with Gasteiger partial charge < -0.3 is 14.7 Å². The first-order valence-electron chi connectivity index (χ1n) is 12.6.